The number of rotatable bonds is 22. The number of halogens is 5. The number of benzene rings is 5. The van der Waals surface area contributed by atoms with Gasteiger partial charge in [0, 0.05) is 114 Å². The average molecular weight is 1830 g/mol. The first kappa shape index (κ1) is 94.8. The minimum atomic E-state index is -4.37. The van der Waals surface area contributed by atoms with Gasteiger partial charge in [0.1, 0.15) is 31.1 Å². The molecule has 10 heterocycles. The summed E-state index contributed by atoms with van der Waals surface area (Å²) in [4.78, 5) is 80.0. The summed E-state index contributed by atoms with van der Waals surface area (Å²) in [7, 11) is 1.66. The first-order chi connectivity index (χ1) is 57.9. The van der Waals surface area contributed by atoms with Crippen molar-refractivity contribution >= 4 is 110 Å². The third kappa shape index (κ3) is 23.9. The Morgan fingerprint density at radius 3 is 1.32 bits per heavy atom. The van der Waals surface area contributed by atoms with Gasteiger partial charge in [-0.05, 0) is 171 Å². The molecule has 0 radical (unpaired) electrons. The van der Waals surface area contributed by atoms with E-state index in [4.69, 9.17) is 4.74 Å². The summed E-state index contributed by atoms with van der Waals surface area (Å²) in [6.45, 7) is 26.7. The summed E-state index contributed by atoms with van der Waals surface area (Å²) in [5.41, 5.74) is 15.1. The number of nitrogens with zero attached hydrogens (tertiary/aromatic N) is 8. The number of carbonyl (C=O) groups excluding carboxylic acids is 5. The van der Waals surface area contributed by atoms with Crippen molar-refractivity contribution in [1.29, 1.82) is 5.26 Å². The molecule has 5 unspecified atom stereocenters. The molecule has 10 aromatic rings. The van der Waals surface area contributed by atoms with E-state index in [1.165, 1.54) is 29.5 Å². The fraction of sp³-hybridized carbons (Fsp3) is 0.337. The van der Waals surface area contributed by atoms with E-state index < -0.39 is 26.4 Å². The highest BCUT2D eigenvalue weighted by molar-refractivity contribution is 9.10. The van der Waals surface area contributed by atoms with Gasteiger partial charge in [-0.15, -0.1) is 58.8 Å². The van der Waals surface area contributed by atoms with E-state index in [0.29, 0.717) is 75.9 Å². The van der Waals surface area contributed by atoms with Gasteiger partial charge < -0.3 is 42.9 Å². The molecule has 5 aromatic heterocycles. The highest BCUT2D eigenvalue weighted by Gasteiger charge is 2.46. The molecule has 5 aromatic carbocycles. The Kier molecular flexibility index (Phi) is 33.6. The lowest BCUT2D eigenvalue weighted by Gasteiger charge is -2.32. The minimum Gasteiger partial charge on any atom is -1.00 e. The van der Waals surface area contributed by atoms with Gasteiger partial charge in [0.2, 0.25) is 35.2 Å². The molecular weight excluding hydrogens is 1720 g/mol. The van der Waals surface area contributed by atoms with Crippen LogP contribution >= 0.6 is 74.7 Å². The summed E-state index contributed by atoms with van der Waals surface area (Å²) < 4.78 is 46.9. The van der Waals surface area contributed by atoms with Gasteiger partial charge in [-0.1, -0.05) is 165 Å². The SMILES string of the molecule is C=Cc1ccc(-c2ccncc2C2(CC(C)C)NC(=O)CS2)cc1.CC(C)CC1(c2cnccc2-c2ccc(C(F)(F)F)cc2)NC(=O)CS1.CC(C)CN1C(=O)CSC1c1cc[n+](-c2ccc(Br)cc2)cc1.CC(C)CN1C(=O)CSC1c1cnccc1-c1ccccc1C#N.COc1ccc(-c2ccncc2C2(CC(C)C)NC(=O)CS2)cc1.[Cl-]. The van der Waals surface area contributed by atoms with Crippen molar-refractivity contribution in [1.82, 2.24) is 45.7 Å². The molecule has 3 N–H and O–H groups in total. The highest BCUT2D eigenvalue weighted by Crippen LogP contribution is 2.51. The lowest BCUT2D eigenvalue weighted by atomic mass is 9.90. The second kappa shape index (κ2) is 43.2. The molecule has 0 bridgehead atoms. The Hall–Kier alpha value is -9.46. The Bertz CT molecular complexity index is 5310. The largest absolute Gasteiger partial charge is 1.00 e. The van der Waals surface area contributed by atoms with E-state index in [0.717, 1.165) is 121 Å². The number of methoxy groups -OCH3 is 1. The molecule has 5 saturated heterocycles. The first-order valence-corrected chi connectivity index (χ1v) is 46.1. The second-order valence-corrected chi connectivity index (χ2v) is 38.9. The van der Waals surface area contributed by atoms with Gasteiger partial charge in [0.05, 0.1) is 53.1 Å². The maximum atomic E-state index is 12.8. The number of hydrogen-bond acceptors (Lipinski definition) is 16. The van der Waals surface area contributed by atoms with E-state index >= 15 is 0 Å². The topological polar surface area (TPSA) is 216 Å². The zero-order valence-electron chi connectivity index (χ0n) is 70.1. The number of carbonyl (C=O) groups is 5. The number of thioether (sulfide) groups is 5. The molecule has 5 atom stereocenters. The molecule has 5 aliphatic heterocycles. The van der Waals surface area contributed by atoms with Gasteiger partial charge in [-0.25, -0.2) is 0 Å². The van der Waals surface area contributed by atoms with Gasteiger partial charge in [-0.3, -0.25) is 43.9 Å². The predicted molar refractivity (Wildman–Crippen MR) is 489 cm³/mol. The Labute approximate surface area is 750 Å². The molecule has 5 fully saturated rings. The molecular formula is C95H102BrClF3N11O6S5. The summed E-state index contributed by atoms with van der Waals surface area (Å²) >= 11 is 11.7. The number of nitriles is 1. The fourth-order valence-electron chi connectivity index (χ4n) is 15.3. The summed E-state index contributed by atoms with van der Waals surface area (Å²) in [6, 6.07) is 51.4. The van der Waals surface area contributed by atoms with E-state index in [9.17, 15) is 42.4 Å². The predicted octanol–water partition coefficient (Wildman–Crippen LogP) is 17.9. The molecule has 638 valence electrons. The maximum absolute atomic E-state index is 12.8. The number of nitrogens with one attached hydrogen (secondary N) is 3. The Morgan fingerprint density at radius 2 is 0.926 bits per heavy atom. The minimum absolute atomic E-state index is 0. The van der Waals surface area contributed by atoms with Crippen LogP contribution in [0.15, 0.2) is 231 Å². The van der Waals surface area contributed by atoms with Crippen molar-refractivity contribution in [2.45, 2.75) is 120 Å². The number of ether oxygens (including phenoxy) is 1. The summed E-state index contributed by atoms with van der Waals surface area (Å²) in [5, 5.41) is 19.0. The van der Waals surface area contributed by atoms with Crippen LogP contribution in [0.1, 0.15) is 144 Å². The van der Waals surface area contributed by atoms with Crippen LogP contribution in [0.3, 0.4) is 0 Å². The molecule has 122 heavy (non-hydrogen) atoms. The monoisotopic (exact) mass is 1820 g/mol. The van der Waals surface area contributed by atoms with Gasteiger partial charge in [0.15, 0.2) is 12.4 Å². The number of pyridine rings is 5. The summed E-state index contributed by atoms with van der Waals surface area (Å²) in [5.74, 6) is 5.93. The van der Waals surface area contributed by atoms with Gasteiger partial charge in [-0.2, -0.15) is 23.0 Å². The molecule has 0 spiro atoms. The number of alkyl halides is 3. The highest BCUT2D eigenvalue weighted by atomic mass is 79.9. The normalized spacial score (nSPS) is 19.1. The van der Waals surface area contributed by atoms with Crippen LogP contribution in [0.4, 0.5) is 13.2 Å². The quantitative estimate of drug-likeness (QED) is 0.0538. The van der Waals surface area contributed by atoms with E-state index in [1.54, 1.807) is 85.0 Å². The van der Waals surface area contributed by atoms with Crippen LogP contribution in [0.25, 0.3) is 56.3 Å². The molecule has 15 rings (SSSR count). The first-order valence-electron chi connectivity index (χ1n) is 40.2. The van der Waals surface area contributed by atoms with Crippen LogP contribution in [0.5, 0.6) is 5.75 Å². The zero-order valence-corrected chi connectivity index (χ0v) is 76.6. The average Bonchev–Trinajstić information content (AvgIpc) is 1.57. The second-order valence-electron chi connectivity index (χ2n) is 32.0. The van der Waals surface area contributed by atoms with E-state index in [-0.39, 0.29) is 52.7 Å². The molecule has 5 amide bonds. The van der Waals surface area contributed by atoms with E-state index in [1.807, 2.05) is 120 Å². The van der Waals surface area contributed by atoms with Crippen molar-refractivity contribution in [3.8, 4) is 62.0 Å². The Morgan fingerprint density at radius 1 is 0.525 bits per heavy atom. The molecule has 17 nitrogen and oxygen atoms in total. The number of aromatic nitrogens is 5. The molecule has 0 aliphatic carbocycles. The Balaban J connectivity index is 0.000000160. The lowest BCUT2D eigenvalue weighted by molar-refractivity contribution is -0.595. The molecule has 27 heteroatoms. The summed E-state index contributed by atoms with van der Waals surface area (Å²) in [6.07, 6.45) is 18.3. The van der Waals surface area contributed by atoms with Gasteiger partial charge >= 0.3 is 6.18 Å². The third-order valence-corrected chi connectivity index (χ3v) is 27.6. The fourth-order valence-corrected chi connectivity index (χ4v) is 22.2. The third-order valence-electron chi connectivity index (χ3n) is 20.4. The standard InChI is InChI=1S/C20H22N2OS.C19H19F3N2OS.C19H19N3OS.C19H22N2O2S.C18H20BrN2OS.ClH/c1-4-15-5-7-16(8-6-15)17-9-10-21-12-18(17)20(11-14(2)3)22-19(23)13-24-20;1-12(2)9-18(24-17(25)11-26-18)16-10-23-8-7-15(16)13-3-5-14(6-4-13)19(20,21)22;1-13(2)11-22-18(23)12-24-19(22)17-10-21-8-7-16(17)15-6-4-3-5-14(15)9-20;1-13(2)10-19(21-18(22)12-24-19)17-11-20-9-8-16(17)14-4-6-15(23-3)7-5-14;1-13(2)11-21-17(22)12-23-18(21)14-7-9-20(10-8-14)16-5-3-15(19)4-6-16;/h4-10,12,14H,1,11,13H2,2-3H3,(H,22,23);3-8,10,12H,9,11H2,1-2H3,(H,24,25);3-8,10,13,19H,11-12H2,1-2H3;4-9,11,13H,10,12H2,1-3H3,(H,21,22);3-10,13,18H,11-12H2,1-2H3;1H/q;;;;+1;/p-1. The molecule has 5 aliphatic rings. The van der Waals surface area contributed by atoms with Crippen molar-refractivity contribution in [3.63, 3.8) is 0 Å². The zero-order chi connectivity index (χ0) is 86.8. The van der Waals surface area contributed by atoms with Crippen molar-refractivity contribution in [2.75, 3.05) is 49.0 Å². The lowest BCUT2D eigenvalue weighted by Crippen LogP contribution is -3.00. The number of hydrogen-bond donors (Lipinski definition) is 3. The van der Waals surface area contributed by atoms with Crippen LogP contribution < -0.4 is 37.7 Å². The van der Waals surface area contributed by atoms with Crippen LogP contribution in [-0.4, -0.2) is 108 Å². The van der Waals surface area contributed by atoms with Crippen molar-refractivity contribution in [3.05, 3.63) is 275 Å². The van der Waals surface area contributed by atoms with Gasteiger partial charge in [0.25, 0.3) is 0 Å². The van der Waals surface area contributed by atoms with Crippen molar-refractivity contribution < 1.29 is 58.9 Å². The van der Waals surface area contributed by atoms with E-state index in [2.05, 4.69) is 199 Å². The molecule has 0 saturated carbocycles. The van der Waals surface area contributed by atoms with Crippen LogP contribution in [0, 0.1) is 40.9 Å². The number of amides is 5. The van der Waals surface area contributed by atoms with Crippen LogP contribution in [-0.2, 0) is 44.8 Å². The maximum Gasteiger partial charge on any atom is 0.416 e. The van der Waals surface area contributed by atoms with Crippen molar-refractivity contribution in [2.24, 2.45) is 29.6 Å². The van der Waals surface area contributed by atoms with Crippen LogP contribution in [0.2, 0.25) is 0 Å². The smallest absolute Gasteiger partial charge is 0.416 e.